The van der Waals surface area contributed by atoms with Crippen LogP contribution in [0.4, 0.5) is 0 Å². The van der Waals surface area contributed by atoms with Gasteiger partial charge in [-0.2, -0.15) is 0 Å². The largest absolute Gasteiger partial charge is 0.497 e. The molecule has 0 spiro atoms. The third-order valence-corrected chi connectivity index (χ3v) is 3.02. The van der Waals surface area contributed by atoms with Crippen molar-refractivity contribution in [2.75, 3.05) is 7.11 Å². The Morgan fingerprint density at radius 3 is 2.70 bits per heavy atom. The molecule has 6 nitrogen and oxygen atoms in total. The molecule has 0 amide bonds. The number of aliphatic carboxylic acids is 1. The van der Waals surface area contributed by atoms with Crippen LogP contribution in [0.3, 0.4) is 0 Å². The standard InChI is InChI=1S/C14H13N3O3/c1-20-12-5-4-10-6-9(2-3-11(10)8-12)7-13(14(18)19)16-17-15/h2-6,8,13H,7H2,1H3,(H,18,19). The summed E-state index contributed by atoms with van der Waals surface area (Å²) in [6, 6.07) is 10.2. The molecule has 6 heteroatoms. The Bertz CT molecular complexity index is 691. The highest BCUT2D eigenvalue weighted by atomic mass is 16.5. The second-order valence-corrected chi connectivity index (χ2v) is 4.31. The van der Waals surface area contributed by atoms with Gasteiger partial charge in [0.25, 0.3) is 0 Å². The number of benzene rings is 2. The highest BCUT2D eigenvalue weighted by Gasteiger charge is 2.16. The molecule has 0 saturated heterocycles. The molecule has 1 unspecified atom stereocenters. The lowest BCUT2D eigenvalue weighted by Crippen LogP contribution is -2.19. The SMILES string of the molecule is COc1ccc2cc(CC(N=[N+]=[N-])C(=O)O)ccc2c1. The van der Waals surface area contributed by atoms with E-state index >= 15 is 0 Å². The van der Waals surface area contributed by atoms with E-state index in [1.807, 2.05) is 36.4 Å². The summed E-state index contributed by atoms with van der Waals surface area (Å²) in [5.41, 5.74) is 9.18. The molecule has 2 aromatic rings. The van der Waals surface area contributed by atoms with E-state index in [2.05, 4.69) is 10.0 Å². The van der Waals surface area contributed by atoms with Crippen LogP contribution in [0.15, 0.2) is 41.5 Å². The van der Waals surface area contributed by atoms with E-state index in [-0.39, 0.29) is 6.42 Å². The molecular formula is C14H13N3O3. The number of carbonyl (C=O) groups is 1. The predicted molar refractivity (Wildman–Crippen MR) is 74.8 cm³/mol. The zero-order chi connectivity index (χ0) is 14.5. The van der Waals surface area contributed by atoms with Gasteiger partial charge in [0.05, 0.1) is 7.11 Å². The van der Waals surface area contributed by atoms with Crippen molar-refractivity contribution in [2.45, 2.75) is 12.5 Å². The molecule has 2 aromatic carbocycles. The summed E-state index contributed by atoms with van der Waals surface area (Å²) in [4.78, 5) is 13.5. The summed E-state index contributed by atoms with van der Waals surface area (Å²) in [6.45, 7) is 0. The minimum Gasteiger partial charge on any atom is -0.497 e. The second-order valence-electron chi connectivity index (χ2n) is 4.31. The number of hydrogen-bond acceptors (Lipinski definition) is 3. The molecule has 0 bridgehead atoms. The van der Waals surface area contributed by atoms with Crippen molar-refractivity contribution in [1.29, 1.82) is 0 Å². The molecule has 0 heterocycles. The average molecular weight is 271 g/mol. The minimum atomic E-state index is -1.13. The quantitative estimate of drug-likeness (QED) is 0.514. The molecule has 0 saturated carbocycles. The number of methoxy groups -OCH3 is 1. The van der Waals surface area contributed by atoms with Gasteiger partial charge in [-0.1, -0.05) is 29.4 Å². The maximum Gasteiger partial charge on any atom is 0.312 e. The van der Waals surface area contributed by atoms with Crippen molar-refractivity contribution < 1.29 is 14.6 Å². The van der Waals surface area contributed by atoms with E-state index in [1.165, 1.54) is 0 Å². The first-order chi connectivity index (χ1) is 9.63. The number of azide groups is 1. The zero-order valence-electron chi connectivity index (χ0n) is 10.9. The number of carboxylic acids is 1. The van der Waals surface area contributed by atoms with Crippen LogP contribution in [0, 0.1) is 0 Å². The van der Waals surface area contributed by atoms with E-state index in [4.69, 9.17) is 15.4 Å². The van der Waals surface area contributed by atoms with Gasteiger partial charge in [-0.25, -0.2) is 0 Å². The summed E-state index contributed by atoms with van der Waals surface area (Å²) in [5, 5.41) is 14.2. The summed E-state index contributed by atoms with van der Waals surface area (Å²) in [5.74, 6) is -0.361. The van der Waals surface area contributed by atoms with E-state index in [9.17, 15) is 4.79 Å². The fourth-order valence-electron chi connectivity index (χ4n) is 1.99. The van der Waals surface area contributed by atoms with E-state index in [1.54, 1.807) is 7.11 Å². The maximum atomic E-state index is 11.0. The van der Waals surface area contributed by atoms with Crippen LogP contribution in [0.2, 0.25) is 0 Å². The van der Waals surface area contributed by atoms with Gasteiger partial charge in [0, 0.05) is 4.91 Å². The lowest BCUT2D eigenvalue weighted by molar-refractivity contribution is -0.138. The fourth-order valence-corrected chi connectivity index (χ4v) is 1.99. The molecule has 1 atom stereocenters. The molecule has 0 aliphatic heterocycles. The number of carboxylic acid groups (broad SMARTS) is 1. The second kappa shape index (κ2) is 5.95. The highest BCUT2D eigenvalue weighted by molar-refractivity contribution is 5.84. The van der Waals surface area contributed by atoms with Crippen LogP contribution in [-0.4, -0.2) is 24.2 Å². The van der Waals surface area contributed by atoms with Crippen molar-refractivity contribution in [3.63, 3.8) is 0 Å². The molecule has 0 aliphatic carbocycles. The average Bonchev–Trinajstić information content (AvgIpc) is 2.46. The van der Waals surface area contributed by atoms with Crippen molar-refractivity contribution in [3.05, 3.63) is 52.4 Å². The van der Waals surface area contributed by atoms with Gasteiger partial charge in [0.1, 0.15) is 11.8 Å². The Morgan fingerprint density at radius 2 is 2.05 bits per heavy atom. The van der Waals surface area contributed by atoms with Gasteiger partial charge in [0.15, 0.2) is 0 Å². The van der Waals surface area contributed by atoms with Gasteiger partial charge in [0.2, 0.25) is 0 Å². The third kappa shape index (κ3) is 2.99. The van der Waals surface area contributed by atoms with Crippen LogP contribution < -0.4 is 4.74 Å². The molecule has 102 valence electrons. The van der Waals surface area contributed by atoms with E-state index in [0.717, 1.165) is 22.1 Å². The molecule has 20 heavy (non-hydrogen) atoms. The number of fused-ring (bicyclic) bond motifs is 1. The van der Waals surface area contributed by atoms with Crippen molar-refractivity contribution in [2.24, 2.45) is 5.11 Å². The summed E-state index contributed by atoms with van der Waals surface area (Å²) in [6.07, 6.45) is 0.168. The monoisotopic (exact) mass is 271 g/mol. The first kappa shape index (κ1) is 13.7. The molecule has 0 aliphatic rings. The summed E-state index contributed by atoms with van der Waals surface area (Å²) >= 11 is 0. The Kier molecular flexibility index (Phi) is 4.08. The first-order valence-corrected chi connectivity index (χ1v) is 5.97. The van der Waals surface area contributed by atoms with Gasteiger partial charge in [-0.3, -0.25) is 4.79 Å². The van der Waals surface area contributed by atoms with Gasteiger partial charge in [-0.15, -0.1) is 0 Å². The summed E-state index contributed by atoms with van der Waals surface area (Å²) in [7, 11) is 1.60. The van der Waals surface area contributed by atoms with E-state index < -0.39 is 12.0 Å². The van der Waals surface area contributed by atoms with Crippen LogP contribution in [0.1, 0.15) is 5.56 Å². The van der Waals surface area contributed by atoms with Crippen molar-refractivity contribution >= 4 is 16.7 Å². The van der Waals surface area contributed by atoms with Crippen LogP contribution >= 0.6 is 0 Å². The normalized spacial score (nSPS) is 11.7. The molecule has 0 aromatic heterocycles. The molecule has 1 N–H and O–H groups in total. The topological polar surface area (TPSA) is 95.3 Å². The van der Waals surface area contributed by atoms with Crippen molar-refractivity contribution in [3.8, 4) is 5.75 Å². The number of nitrogens with zero attached hydrogens (tertiary/aromatic N) is 3. The Labute approximate surface area is 115 Å². The molecule has 2 rings (SSSR count). The fraction of sp³-hybridized carbons (Fsp3) is 0.214. The predicted octanol–water partition coefficient (Wildman–Crippen LogP) is 3.15. The summed E-state index contributed by atoms with van der Waals surface area (Å²) < 4.78 is 5.15. The number of hydrogen-bond donors (Lipinski definition) is 1. The van der Waals surface area contributed by atoms with Gasteiger partial charge in [-0.05, 0) is 40.4 Å². The maximum absolute atomic E-state index is 11.0. The first-order valence-electron chi connectivity index (χ1n) is 5.97. The molecular weight excluding hydrogens is 258 g/mol. The molecule has 0 radical (unpaired) electrons. The highest BCUT2D eigenvalue weighted by Crippen LogP contribution is 2.22. The lowest BCUT2D eigenvalue weighted by Gasteiger charge is -2.08. The Morgan fingerprint density at radius 1 is 1.35 bits per heavy atom. The number of ether oxygens (including phenoxy) is 1. The van der Waals surface area contributed by atoms with Gasteiger partial charge < -0.3 is 9.84 Å². The Balaban J connectivity index is 2.32. The number of rotatable bonds is 5. The zero-order valence-corrected chi connectivity index (χ0v) is 10.9. The molecule has 0 fully saturated rings. The van der Waals surface area contributed by atoms with E-state index in [0.29, 0.717) is 0 Å². The Hall–Kier alpha value is -2.72. The van der Waals surface area contributed by atoms with Crippen LogP contribution in [0.5, 0.6) is 5.75 Å². The minimum absolute atomic E-state index is 0.168. The van der Waals surface area contributed by atoms with Gasteiger partial charge >= 0.3 is 5.97 Å². The smallest absolute Gasteiger partial charge is 0.312 e. The lowest BCUT2D eigenvalue weighted by atomic mass is 10.0. The van der Waals surface area contributed by atoms with Crippen LogP contribution in [0.25, 0.3) is 21.2 Å². The third-order valence-electron chi connectivity index (χ3n) is 3.02. The van der Waals surface area contributed by atoms with Crippen molar-refractivity contribution in [1.82, 2.24) is 0 Å². The van der Waals surface area contributed by atoms with Crippen LogP contribution in [-0.2, 0) is 11.2 Å².